The van der Waals surface area contributed by atoms with Crippen molar-refractivity contribution in [3.05, 3.63) is 35.4 Å². The van der Waals surface area contributed by atoms with Gasteiger partial charge in [-0.2, -0.15) is 0 Å². The van der Waals surface area contributed by atoms with E-state index in [0.717, 1.165) is 6.04 Å². The van der Waals surface area contributed by atoms with Crippen molar-refractivity contribution in [3.8, 4) is 0 Å². The lowest BCUT2D eigenvalue weighted by molar-refractivity contribution is 0.0972. The monoisotopic (exact) mass is 256 g/mol. The second-order valence-corrected chi connectivity index (χ2v) is 6.72. The summed E-state index contributed by atoms with van der Waals surface area (Å²) in [6.07, 6.45) is 8.17. The van der Waals surface area contributed by atoms with Crippen molar-refractivity contribution in [1.29, 1.82) is 0 Å². The van der Waals surface area contributed by atoms with Crippen LogP contribution >= 0.6 is 0 Å². The first-order valence-corrected chi connectivity index (χ1v) is 7.91. The highest BCUT2D eigenvalue weighted by atomic mass is 15.2. The van der Waals surface area contributed by atoms with Crippen LogP contribution in [0.4, 0.5) is 0 Å². The number of benzene rings is 1. The minimum absolute atomic E-state index is 0.465. The van der Waals surface area contributed by atoms with E-state index >= 15 is 0 Å². The van der Waals surface area contributed by atoms with Crippen molar-refractivity contribution in [2.45, 2.75) is 50.1 Å². The van der Waals surface area contributed by atoms with Crippen LogP contribution in [0.5, 0.6) is 0 Å². The summed E-state index contributed by atoms with van der Waals surface area (Å²) in [7, 11) is 0. The van der Waals surface area contributed by atoms with E-state index in [9.17, 15) is 0 Å². The van der Waals surface area contributed by atoms with Gasteiger partial charge in [0, 0.05) is 31.2 Å². The van der Waals surface area contributed by atoms with Crippen LogP contribution in [0.25, 0.3) is 0 Å². The van der Waals surface area contributed by atoms with Crippen LogP contribution in [0.2, 0.25) is 0 Å². The Hall–Kier alpha value is -0.860. The Kier molecular flexibility index (Phi) is 2.89. The zero-order valence-corrected chi connectivity index (χ0v) is 11.7. The molecule has 19 heavy (non-hydrogen) atoms. The highest BCUT2D eigenvalue weighted by molar-refractivity contribution is 5.33. The Balaban J connectivity index is 1.49. The number of fused-ring (bicyclic) bond motifs is 1. The second-order valence-electron chi connectivity index (χ2n) is 6.72. The lowest BCUT2D eigenvalue weighted by Crippen LogP contribution is -2.61. The van der Waals surface area contributed by atoms with E-state index in [2.05, 4.69) is 34.5 Å². The third-order valence-electron chi connectivity index (χ3n) is 5.51. The summed E-state index contributed by atoms with van der Waals surface area (Å²) < 4.78 is 0. The van der Waals surface area contributed by atoms with E-state index in [-0.39, 0.29) is 0 Å². The molecule has 1 heterocycles. The Morgan fingerprint density at radius 2 is 1.74 bits per heavy atom. The van der Waals surface area contributed by atoms with E-state index < -0.39 is 0 Å². The highest BCUT2D eigenvalue weighted by Crippen LogP contribution is 2.34. The van der Waals surface area contributed by atoms with E-state index in [1.807, 2.05) is 0 Å². The largest absolute Gasteiger partial charge is 0.309 e. The maximum absolute atomic E-state index is 3.83. The van der Waals surface area contributed by atoms with Crippen LogP contribution < -0.4 is 5.32 Å². The maximum atomic E-state index is 3.83. The molecule has 1 saturated carbocycles. The number of piperazine rings is 1. The second kappa shape index (κ2) is 4.60. The number of nitrogens with one attached hydrogen (secondary N) is 1. The number of hydrogen-bond acceptors (Lipinski definition) is 2. The van der Waals surface area contributed by atoms with Crippen LogP contribution in [0, 0.1) is 0 Å². The molecule has 2 fully saturated rings. The molecule has 2 heteroatoms. The van der Waals surface area contributed by atoms with E-state index in [0.29, 0.717) is 5.54 Å². The molecule has 102 valence electrons. The van der Waals surface area contributed by atoms with Gasteiger partial charge in [-0.05, 0) is 36.8 Å². The summed E-state index contributed by atoms with van der Waals surface area (Å²) in [4.78, 5) is 2.78. The van der Waals surface area contributed by atoms with Crippen LogP contribution in [0.15, 0.2) is 24.3 Å². The Morgan fingerprint density at radius 3 is 2.42 bits per heavy atom. The van der Waals surface area contributed by atoms with Gasteiger partial charge in [-0.1, -0.05) is 37.1 Å². The molecule has 0 amide bonds. The zero-order valence-electron chi connectivity index (χ0n) is 11.7. The Bertz CT molecular complexity index is 437. The molecule has 1 aliphatic heterocycles. The first-order chi connectivity index (χ1) is 9.35. The van der Waals surface area contributed by atoms with Crippen molar-refractivity contribution < 1.29 is 0 Å². The van der Waals surface area contributed by atoms with Crippen molar-refractivity contribution in [1.82, 2.24) is 10.2 Å². The number of hydrogen-bond donors (Lipinski definition) is 1. The van der Waals surface area contributed by atoms with Gasteiger partial charge in [0.1, 0.15) is 0 Å². The first kappa shape index (κ1) is 11.9. The smallest absolute Gasteiger partial charge is 0.0309 e. The van der Waals surface area contributed by atoms with Gasteiger partial charge in [0.05, 0.1) is 0 Å². The predicted octanol–water partition coefficient (Wildman–Crippen LogP) is 2.37. The van der Waals surface area contributed by atoms with Gasteiger partial charge in [0.2, 0.25) is 0 Å². The van der Waals surface area contributed by atoms with E-state index in [1.54, 1.807) is 11.1 Å². The molecular formula is C17H24N2. The summed E-state index contributed by atoms with van der Waals surface area (Å²) >= 11 is 0. The molecule has 2 aliphatic carbocycles. The van der Waals surface area contributed by atoms with Crippen LogP contribution in [-0.2, 0) is 12.8 Å². The van der Waals surface area contributed by atoms with Gasteiger partial charge in [0.15, 0.2) is 0 Å². The molecule has 1 saturated heterocycles. The molecule has 0 bridgehead atoms. The molecule has 1 N–H and O–H groups in total. The average Bonchev–Trinajstić information content (AvgIpc) is 3.05. The van der Waals surface area contributed by atoms with Crippen molar-refractivity contribution in [2.24, 2.45) is 0 Å². The molecule has 1 aromatic carbocycles. The summed E-state index contributed by atoms with van der Waals surface area (Å²) in [5, 5.41) is 3.83. The van der Waals surface area contributed by atoms with Gasteiger partial charge in [0.25, 0.3) is 0 Å². The molecule has 1 aromatic rings. The number of nitrogens with zero attached hydrogens (tertiary/aromatic N) is 1. The molecule has 3 aliphatic rings. The minimum Gasteiger partial charge on any atom is -0.309 e. The third-order valence-corrected chi connectivity index (χ3v) is 5.51. The number of rotatable bonds is 1. The predicted molar refractivity (Wildman–Crippen MR) is 78.4 cm³/mol. The average molecular weight is 256 g/mol. The topological polar surface area (TPSA) is 15.3 Å². The fourth-order valence-electron chi connectivity index (χ4n) is 4.48. The fraction of sp³-hybridized carbons (Fsp3) is 0.647. The zero-order chi connectivity index (χ0) is 12.7. The van der Waals surface area contributed by atoms with Crippen molar-refractivity contribution >= 4 is 0 Å². The normalized spacial score (nSPS) is 26.9. The molecule has 4 rings (SSSR count). The SMILES string of the molecule is c1ccc2c(c1)CC(N1CCNC3(CCCC3)C1)C2. The van der Waals surface area contributed by atoms with Crippen LogP contribution in [0.1, 0.15) is 36.8 Å². The fourth-order valence-corrected chi connectivity index (χ4v) is 4.48. The lowest BCUT2D eigenvalue weighted by atomic mass is 9.93. The molecular weight excluding hydrogens is 232 g/mol. The van der Waals surface area contributed by atoms with Crippen LogP contribution in [0.3, 0.4) is 0 Å². The minimum atomic E-state index is 0.465. The van der Waals surface area contributed by atoms with Crippen molar-refractivity contribution in [2.75, 3.05) is 19.6 Å². The van der Waals surface area contributed by atoms with Gasteiger partial charge in [-0.15, -0.1) is 0 Å². The summed E-state index contributed by atoms with van der Waals surface area (Å²) in [5.41, 5.74) is 3.64. The highest BCUT2D eigenvalue weighted by Gasteiger charge is 2.40. The maximum Gasteiger partial charge on any atom is 0.0309 e. The van der Waals surface area contributed by atoms with Crippen molar-refractivity contribution in [3.63, 3.8) is 0 Å². The first-order valence-electron chi connectivity index (χ1n) is 7.91. The quantitative estimate of drug-likeness (QED) is 0.830. The molecule has 0 atom stereocenters. The molecule has 0 aromatic heterocycles. The van der Waals surface area contributed by atoms with E-state index in [4.69, 9.17) is 0 Å². The van der Waals surface area contributed by atoms with Gasteiger partial charge in [-0.25, -0.2) is 0 Å². The molecule has 2 nitrogen and oxygen atoms in total. The summed E-state index contributed by atoms with van der Waals surface area (Å²) in [5.74, 6) is 0. The lowest BCUT2D eigenvalue weighted by Gasteiger charge is -2.44. The molecule has 0 radical (unpaired) electrons. The Labute approximate surface area is 116 Å². The Morgan fingerprint density at radius 1 is 1.05 bits per heavy atom. The third kappa shape index (κ3) is 2.11. The molecule has 0 unspecified atom stereocenters. The molecule has 1 spiro atoms. The van der Waals surface area contributed by atoms with Gasteiger partial charge >= 0.3 is 0 Å². The summed E-state index contributed by atoms with van der Waals surface area (Å²) in [6, 6.07) is 9.79. The van der Waals surface area contributed by atoms with Gasteiger partial charge < -0.3 is 5.32 Å². The van der Waals surface area contributed by atoms with Gasteiger partial charge in [-0.3, -0.25) is 4.90 Å². The van der Waals surface area contributed by atoms with Crippen LogP contribution in [-0.4, -0.2) is 36.1 Å². The van der Waals surface area contributed by atoms with E-state index in [1.165, 1.54) is 58.2 Å². The summed E-state index contributed by atoms with van der Waals surface area (Å²) in [6.45, 7) is 3.71. The standard InChI is InChI=1S/C17H24N2/c1-2-6-15-12-16(11-14(15)5-1)19-10-9-18-17(13-19)7-3-4-8-17/h1-2,5-6,16,18H,3-4,7-13H2.